The van der Waals surface area contributed by atoms with Crippen molar-refractivity contribution in [2.45, 2.75) is 25.2 Å². The molecule has 0 radical (unpaired) electrons. The minimum absolute atomic E-state index is 0.288. The molecule has 2 fully saturated rings. The Hall–Kier alpha value is -0.620. The molecule has 2 heterocycles. The van der Waals surface area contributed by atoms with Crippen LogP contribution in [0.15, 0.2) is 22.7 Å². The monoisotopic (exact) mass is 326 g/mol. The van der Waals surface area contributed by atoms with Crippen molar-refractivity contribution in [2.24, 2.45) is 0 Å². The summed E-state index contributed by atoms with van der Waals surface area (Å²) in [4.78, 5) is 2.43. The van der Waals surface area contributed by atoms with Gasteiger partial charge in [0, 0.05) is 42.6 Å². The van der Waals surface area contributed by atoms with Crippen LogP contribution in [0.3, 0.4) is 0 Å². The highest BCUT2D eigenvalue weighted by molar-refractivity contribution is 9.10. The largest absolute Gasteiger partial charge is 0.398 e. The lowest BCUT2D eigenvalue weighted by Gasteiger charge is -2.37. The van der Waals surface area contributed by atoms with E-state index in [0.29, 0.717) is 0 Å². The van der Waals surface area contributed by atoms with Gasteiger partial charge in [-0.15, -0.1) is 0 Å². The van der Waals surface area contributed by atoms with Gasteiger partial charge in [0.1, 0.15) is 0 Å². The van der Waals surface area contributed by atoms with E-state index in [0.717, 1.165) is 55.8 Å². The highest BCUT2D eigenvalue weighted by atomic mass is 79.9. The van der Waals surface area contributed by atoms with Crippen molar-refractivity contribution in [2.75, 3.05) is 32.0 Å². The Balaban J connectivity index is 1.61. The minimum Gasteiger partial charge on any atom is -0.398 e. The van der Waals surface area contributed by atoms with E-state index in [2.05, 4.69) is 26.9 Å². The summed E-state index contributed by atoms with van der Waals surface area (Å²) in [5, 5.41) is 0. The number of nitrogen functional groups attached to an aromatic ring is 1. The van der Waals surface area contributed by atoms with Gasteiger partial charge in [0.15, 0.2) is 5.79 Å². The number of halogens is 1. The summed E-state index contributed by atoms with van der Waals surface area (Å²) in [6.45, 7) is 4.39. The van der Waals surface area contributed by atoms with Crippen molar-refractivity contribution in [3.63, 3.8) is 0 Å². The quantitative estimate of drug-likeness (QED) is 0.847. The molecule has 104 valence electrons. The second-order valence-corrected chi connectivity index (χ2v) is 6.00. The first-order chi connectivity index (χ1) is 9.19. The van der Waals surface area contributed by atoms with Crippen molar-refractivity contribution in [1.29, 1.82) is 0 Å². The average molecular weight is 327 g/mol. The highest BCUT2D eigenvalue weighted by Crippen LogP contribution is 2.32. The lowest BCUT2D eigenvalue weighted by Crippen LogP contribution is -2.44. The van der Waals surface area contributed by atoms with Crippen LogP contribution in [0.2, 0.25) is 0 Å². The van der Waals surface area contributed by atoms with E-state index in [1.165, 1.54) is 5.56 Å². The molecule has 0 saturated carbocycles. The molecule has 2 saturated heterocycles. The topological polar surface area (TPSA) is 47.7 Å². The maximum Gasteiger partial charge on any atom is 0.170 e. The Bertz CT molecular complexity index is 451. The SMILES string of the molecule is Nc1cccc(CN2CCC3(CC2)OCCO3)c1Br. The second kappa shape index (κ2) is 5.40. The van der Waals surface area contributed by atoms with Crippen molar-refractivity contribution in [3.8, 4) is 0 Å². The zero-order chi connectivity index (χ0) is 13.3. The third kappa shape index (κ3) is 2.79. The molecule has 1 aromatic carbocycles. The fourth-order valence-corrected chi connectivity index (χ4v) is 3.19. The van der Waals surface area contributed by atoms with Crippen molar-refractivity contribution < 1.29 is 9.47 Å². The molecule has 2 aliphatic heterocycles. The predicted molar refractivity (Wildman–Crippen MR) is 77.7 cm³/mol. The summed E-state index contributed by atoms with van der Waals surface area (Å²) in [5.41, 5.74) is 7.95. The molecule has 19 heavy (non-hydrogen) atoms. The summed E-state index contributed by atoms with van der Waals surface area (Å²) in [5.74, 6) is -0.288. The Kier molecular flexibility index (Phi) is 3.80. The summed E-state index contributed by atoms with van der Waals surface area (Å²) in [6, 6.07) is 6.04. The lowest BCUT2D eigenvalue weighted by molar-refractivity contribution is -0.185. The van der Waals surface area contributed by atoms with Gasteiger partial charge in [-0.05, 0) is 27.6 Å². The fourth-order valence-electron chi connectivity index (χ4n) is 2.80. The van der Waals surface area contributed by atoms with Crippen molar-refractivity contribution >= 4 is 21.6 Å². The highest BCUT2D eigenvalue weighted by Gasteiger charge is 2.39. The molecule has 0 bridgehead atoms. The van der Waals surface area contributed by atoms with Crippen molar-refractivity contribution in [3.05, 3.63) is 28.2 Å². The van der Waals surface area contributed by atoms with E-state index in [9.17, 15) is 0 Å². The first kappa shape index (κ1) is 13.4. The maximum absolute atomic E-state index is 5.91. The molecule has 5 heteroatoms. The molecule has 2 aliphatic rings. The number of nitrogens with zero attached hydrogens (tertiary/aromatic N) is 1. The third-order valence-corrected chi connectivity index (χ3v) is 4.90. The van der Waals surface area contributed by atoms with Gasteiger partial charge < -0.3 is 15.2 Å². The van der Waals surface area contributed by atoms with Gasteiger partial charge in [-0.1, -0.05) is 12.1 Å². The predicted octanol–water partition coefficient (Wildman–Crippen LogP) is 2.37. The van der Waals surface area contributed by atoms with Crippen LogP contribution in [0.25, 0.3) is 0 Å². The van der Waals surface area contributed by atoms with Gasteiger partial charge >= 0.3 is 0 Å². The van der Waals surface area contributed by atoms with Gasteiger partial charge in [-0.2, -0.15) is 0 Å². The van der Waals surface area contributed by atoms with Gasteiger partial charge in [0.25, 0.3) is 0 Å². The summed E-state index contributed by atoms with van der Waals surface area (Å²) in [7, 11) is 0. The zero-order valence-electron chi connectivity index (χ0n) is 10.9. The fraction of sp³-hybridized carbons (Fsp3) is 0.571. The van der Waals surface area contributed by atoms with Crippen LogP contribution in [0.4, 0.5) is 5.69 Å². The molecule has 0 unspecified atom stereocenters. The Morgan fingerprint density at radius 2 is 1.89 bits per heavy atom. The first-order valence-corrected chi connectivity index (χ1v) is 7.51. The number of benzene rings is 1. The second-order valence-electron chi connectivity index (χ2n) is 5.20. The van der Waals surface area contributed by atoms with Gasteiger partial charge in [0.05, 0.1) is 13.2 Å². The summed E-state index contributed by atoms with van der Waals surface area (Å²) in [6.07, 6.45) is 1.90. The summed E-state index contributed by atoms with van der Waals surface area (Å²) < 4.78 is 12.5. The van der Waals surface area contributed by atoms with Gasteiger partial charge in [0.2, 0.25) is 0 Å². The van der Waals surface area contributed by atoms with Crippen LogP contribution in [0, 0.1) is 0 Å². The van der Waals surface area contributed by atoms with Gasteiger partial charge in [-0.25, -0.2) is 0 Å². The van der Waals surface area contributed by atoms with Crippen LogP contribution >= 0.6 is 15.9 Å². The molecular weight excluding hydrogens is 308 g/mol. The van der Waals surface area contributed by atoms with Crippen molar-refractivity contribution in [1.82, 2.24) is 4.90 Å². The van der Waals surface area contributed by atoms with E-state index in [4.69, 9.17) is 15.2 Å². The zero-order valence-corrected chi connectivity index (χ0v) is 12.5. The van der Waals surface area contributed by atoms with Gasteiger partial charge in [-0.3, -0.25) is 4.90 Å². The Morgan fingerprint density at radius 1 is 1.21 bits per heavy atom. The Morgan fingerprint density at radius 3 is 2.58 bits per heavy atom. The number of likely N-dealkylation sites (tertiary alicyclic amines) is 1. The third-order valence-electron chi connectivity index (χ3n) is 3.93. The van der Waals surface area contributed by atoms with E-state index in [1.54, 1.807) is 0 Å². The molecule has 0 aromatic heterocycles. The average Bonchev–Trinajstić information content (AvgIpc) is 2.86. The number of piperidine rings is 1. The van der Waals surface area contributed by atoms with Crippen LogP contribution in [0.1, 0.15) is 18.4 Å². The van der Waals surface area contributed by atoms with Crippen LogP contribution in [-0.4, -0.2) is 37.0 Å². The molecular formula is C14H19BrN2O2. The lowest BCUT2D eigenvalue weighted by atomic mass is 10.0. The molecule has 3 rings (SSSR count). The number of nitrogens with two attached hydrogens (primary N) is 1. The van der Waals surface area contributed by atoms with E-state index >= 15 is 0 Å². The molecule has 0 amide bonds. The smallest absolute Gasteiger partial charge is 0.170 e. The Labute approximate surface area is 122 Å². The number of anilines is 1. The number of hydrogen-bond donors (Lipinski definition) is 1. The van der Waals surface area contributed by atoms with E-state index in [-0.39, 0.29) is 5.79 Å². The molecule has 0 atom stereocenters. The standard InChI is InChI=1S/C14H19BrN2O2/c15-13-11(2-1-3-12(13)16)10-17-6-4-14(5-7-17)18-8-9-19-14/h1-3H,4-10,16H2. The van der Waals surface area contributed by atoms with Crippen LogP contribution in [-0.2, 0) is 16.0 Å². The van der Waals surface area contributed by atoms with Crippen LogP contribution in [0.5, 0.6) is 0 Å². The number of hydrogen-bond acceptors (Lipinski definition) is 4. The normalized spacial score (nSPS) is 23.0. The molecule has 0 aliphatic carbocycles. The minimum atomic E-state index is -0.288. The van der Waals surface area contributed by atoms with E-state index in [1.807, 2.05) is 12.1 Å². The maximum atomic E-state index is 5.91. The molecule has 4 nitrogen and oxygen atoms in total. The summed E-state index contributed by atoms with van der Waals surface area (Å²) >= 11 is 3.57. The molecule has 2 N–H and O–H groups in total. The first-order valence-electron chi connectivity index (χ1n) is 6.72. The number of ether oxygens (including phenoxy) is 2. The van der Waals surface area contributed by atoms with E-state index < -0.39 is 0 Å². The molecule has 1 aromatic rings. The number of rotatable bonds is 2. The van der Waals surface area contributed by atoms with Crippen LogP contribution < -0.4 is 5.73 Å². The molecule has 1 spiro atoms.